The number of carbonyl (C=O) groups excluding carboxylic acids is 2. The lowest BCUT2D eigenvalue weighted by Gasteiger charge is -2.23. The summed E-state index contributed by atoms with van der Waals surface area (Å²) in [5.74, 6) is 0.838. The van der Waals surface area contributed by atoms with Gasteiger partial charge in [-0.25, -0.2) is 4.79 Å². The summed E-state index contributed by atoms with van der Waals surface area (Å²) in [6.07, 6.45) is 2.02. The lowest BCUT2D eigenvalue weighted by Crippen LogP contribution is -2.34. The van der Waals surface area contributed by atoms with Gasteiger partial charge in [-0.2, -0.15) is 0 Å². The van der Waals surface area contributed by atoms with Gasteiger partial charge in [0.25, 0.3) is 0 Å². The Labute approximate surface area is 165 Å². The number of nitrogens with zero attached hydrogens (tertiary/aromatic N) is 2. The van der Waals surface area contributed by atoms with Crippen LogP contribution in [0.5, 0.6) is 0 Å². The average Bonchev–Trinajstić information content (AvgIpc) is 3.32. The predicted octanol–water partition coefficient (Wildman–Crippen LogP) is 4.27. The second-order valence-electron chi connectivity index (χ2n) is 7.27. The zero-order valence-electron chi connectivity index (χ0n) is 16.6. The van der Waals surface area contributed by atoms with Gasteiger partial charge in [-0.15, -0.1) is 0 Å². The Balaban J connectivity index is 1.62. The SMILES string of the molecule is CCOC(=O)Cc1ccc(NC(=O)N2CCC[C@H]2c2cc(C(C)C)on2)cc1. The Morgan fingerprint density at radius 1 is 1.32 bits per heavy atom. The lowest BCUT2D eigenvalue weighted by atomic mass is 10.1. The first-order chi connectivity index (χ1) is 13.5. The maximum atomic E-state index is 12.8. The van der Waals surface area contributed by atoms with Crippen LogP contribution in [0.15, 0.2) is 34.9 Å². The predicted molar refractivity (Wildman–Crippen MR) is 105 cm³/mol. The van der Waals surface area contributed by atoms with Crippen LogP contribution in [-0.2, 0) is 16.0 Å². The van der Waals surface area contributed by atoms with E-state index in [2.05, 4.69) is 24.3 Å². The maximum absolute atomic E-state index is 12.8. The summed E-state index contributed by atoms with van der Waals surface area (Å²) in [4.78, 5) is 26.1. The summed E-state index contributed by atoms with van der Waals surface area (Å²) >= 11 is 0. The van der Waals surface area contributed by atoms with E-state index in [0.717, 1.165) is 29.9 Å². The Bertz CT molecular complexity index is 813. The second-order valence-corrected chi connectivity index (χ2v) is 7.27. The Hall–Kier alpha value is -2.83. The summed E-state index contributed by atoms with van der Waals surface area (Å²) in [5, 5.41) is 7.10. The van der Waals surface area contributed by atoms with Crippen molar-refractivity contribution < 1.29 is 18.8 Å². The van der Waals surface area contributed by atoms with Crippen molar-refractivity contribution in [2.45, 2.75) is 52.0 Å². The number of esters is 1. The number of aromatic nitrogens is 1. The molecule has 0 unspecified atom stereocenters. The third-order valence-electron chi connectivity index (χ3n) is 4.83. The number of urea groups is 1. The molecule has 3 rings (SSSR count). The topological polar surface area (TPSA) is 84.7 Å². The van der Waals surface area contributed by atoms with E-state index in [1.165, 1.54) is 0 Å². The molecule has 1 saturated heterocycles. The zero-order valence-corrected chi connectivity index (χ0v) is 16.6. The molecule has 0 radical (unpaired) electrons. The van der Waals surface area contributed by atoms with E-state index >= 15 is 0 Å². The number of hydrogen-bond donors (Lipinski definition) is 1. The maximum Gasteiger partial charge on any atom is 0.322 e. The van der Waals surface area contributed by atoms with E-state index < -0.39 is 0 Å². The van der Waals surface area contributed by atoms with Gasteiger partial charge in [-0.05, 0) is 37.5 Å². The molecule has 1 aromatic heterocycles. The summed E-state index contributed by atoms with van der Waals surface area (Å²) < 4.78 is 10.4. The van der Waals surface area contributed by atoms with E-state index in [1.54, 1.807) is 24.0 Å². The van der Waals surface area contributed by atoms with Crippen LogP contribution in [0.25, 0.3) is 0 Å². The van der Waals surface area contributed by atoms with Crippen LogP contribution < -0.4 is 5.32 Å². The summed E-state index contributed by atoms with van der Waals surface area (Å²) in [6.45, 7) is 6.93. The summed E-state index contributed by atoms with van der Waals surface area (Å²) in [7, 11) is 0. The highest BCUT2D eigenvalue weighted by atomic mass is 16.5. The van der Waals surface area contributed by atoms with Gasteiger partial charge in [0.1, 0.15) is 11.5 Å². The highest BCUT2D eigenvalue weighted by Gasteiger charge is 2.32. The van der Waals surface area contributed by atoms with Crippen molar-refractivity contribution in [1.82, 2.24) is 10.1 Å². The third kappa shape index (κ3) is 4.71. The second kappa shape index (κ2) is 8.91. The van der Waals surface area contributed by atoms with Gasteiger partial charge in [-0.1, -0.05) is 31.1 Å². The normalized spacial score (nSPS) is 16.4. The number of hydrogen-bond acceptors (Lipinski definition) is 5. The molecule has 7 nitrogen and oxygen atoms in total. The monoisotopic (exact) mass is 385 g/mol. The zero-order chi connectivity index (χ0) is 20.1. The molecule has 0 bridgehead atoms. The highest BCUT2D eigenvalue weighted by Crippen LogP contribution is 2.33. The van der Waals surface area contributed by atoms with Crippen LogP contribution in [0.3, 0.4) is 0 Å². The van der Waals surface area contributed by atoms with E-state index in [0.29, 0.717) is 18.8 Å². The number of rotatable bonds is 6. The minimum Gasteiger partial charge on any atom is -0.466 e. The fraction of sp³-hybridized carbons (Fsp3) is 0.476. The van der Waals surface area contributed by atoms with Gasteiger partial charge in [0.15, 0.2) is 0 Å². The summed E-state index contributed by atoms with van der Waals surface area (Å²) in [5.41, 5.74) is 2.34. The van der Waals surface area contributed by atoms with Crippen LogP contribution in [0.1, 0.15) is 62.6 Å². The smallest absolute Gasteiger partial charge is 0.322 e. The third-order valence-corrected chi connectivity index (χ3v) is 4.83. The molecular weight excluding hydrogens is 358 g/mol. The molecule has 1 fully saturated rings. The molecule has 2 aromatic rings. The van der Waals surface area contributed by atoms with Crippen molar-refractivity contribution in [2.75, 3.05) is 18.5 Å². The van der Waals surface area contributed by atoms with Gasteiger partial charge in [0.05, 0.1) is 19.1 Å². The number of ether oxygens (including phenoxy) is 1. The van der Waals surface area contributed by atoms with Crippen LogP contribution >= 0.6 is 0 Å². The van der Waals surface area contributed by atoms with Crippen LogP contribution in [0, 0.1) is 0 Å². The first kappa shape index (κ1) is 19.9. The first-order valence-electron chi connectivity index (χ1n) is 9.76. The van der Waals surface area contributed by atoms with Crippen molar-refractivity contribution in [3.8, 4) is 0 Å². The minimum atomic E-state index is -0.257. The number of nitrogens with one attached hydrogen (secondary N) is 1. The summed E-state index contributed by atoms with van der Waals surface area (Å²) in [6, 6.07) is 8.95. The van der Waals surface area contributed by atoms with Gasteiger partial charge in [0.2, 0.25) is 0 Å². The quantitative estimate of drug-likeness (QED) is 0.751. The molecule has 1 aliphatic heterocycles. The average molecular weight is 385 g/mol. The number of benzene rings is 1. The lowest BCUT2D eigenvalue weighted by molar-refractivity contribution is -0.142. The molecule has 1 aliphatic rings. The number of carbonyl (C=O) groups is 2. The van der Waals surface area contributed by atoms with Crippen molar-refractivity contribution in [2.24, 2.45) is 0 Å². The number of anilines is 1. The molecule has 1 N–H and O–H groups in total. The molecule has 0 aliphatic carbocycles. The first-order valence-corrected chi connectivity index (χ1v) is 9.76. The standard InChI is InChI=1S/C21H27N3O4/c1-4-27-20(25)12-15-7-9-16(10-8-15)22-21(26)24-11-5-6-18(24)17-13-19(14(2)3)28-23-17/h7-10,13-14,18H,4-6,11-12H2,1-3H3,(H,22,26)/t18-/m0/s1. The van der Waals surface area contributed by atoms with E-state index in [1.807, 2.05) is 18.2 Å². The van der Waals surface area contributed by atoms with E-state index in [4.69, 9.17) is 9.26 Å². The van der Waals surface area contributed by atoms with Gasteiger partial charge < -0.3 is 19.5 Å². The molecule has 150 valence electrons. The van der Waals surface area contributed by atoms with Crippen molar-refractivity contribution in [3.63, 3.8) is 0 Å². The molecule has 28 heavy (non-hydrogen) atoms. The van der Waals surface area contributed by atoms with Crippen LogP contribution in [-0.4, -0.2) is 35.2 Å². The minimum absolute atomic E-state index is 0.0701. The number of likely N-dealkylation sites (tertiary alicyclic amines) is 1. The van der Waals surface area contributed by atoms with Crippen molar-refractivity contribution >= 4 is 17.7 Å². The molecular formula is C21H27N3O4. The Kier molecular flexibility index (Phi) is 6.34. The largest absolute Gasteiger partial charge is 0.466 e. The molecule has 7 heteroatoms. The van der Waals surface area contributed by atoms with E-state index in [9.17, 15) is 9.59 Å². The Morgan fingerprint density at radius 3 is 2.71 bits per heavy atom. The van der Waals surface area contributed by atoms with Crippen LogP contribution in [0.4, 0.5) is 10.5 Å². The van der Waals surface area contributed by atoms with Crippen LogP contribution in [0.2, 0.25) is 0 Å². The fourth-order valence-electron chi connectivity index (χ4n) is 3.33. The van der Waals surface area contributed by atoms with Crippen molar-refractivity contribution in [3.05, 3.63) is 47.3 Å². The molecule has 1 aromatic carbocycles. The number of amides is 2. The van der Waals surface area contributed by atoms with Gasteiger partial charge >= 0.3 is 12.0 Å². The highest BCUT2D eigenvalue weighted by molar-refractivity contribution is 5.89. The fourth-order valence-corrected chi connectivity index (χ4v) is 3.33. The Morgan fingerprint density at radius 2 is 2.07 bits per heavy atom. The molecule has 2 heterocycles. The molecule has 0 spiro atoms. The molecule has 2 amide bonds. The van der Waals surface area contributed by atoms with Crippen molar-refractivity contribution in [1.29, 1.82) is 0 Å². The van der Waals surface area contributed by atoms with Gasteiger partial charge in [0, 0.05) is 24.2 Å². The molecule has 0 saturated carbocycles. The molecule has 1 atom stereocenters. The van der Waals surface area contributed by atoms with E-state index in [-0.39, 0.29) is 30.4 Å². The van der Waals surface area contributed by atoms with Gasteiger partial charge in [-0.3, -0.25) is 4.79 Å².